The molecule has 2 nitrogen and oxygen atoms in total. The molecule has 17 heavy (non-hydrogen) atoms. The summed E-state index contributed by atoms with van der Waals surface area (Å²) in [5, 5.41) is 3.44. The number of piperidine rings is 1. The fraction of sp³-hybridized carbons (Fsp3) is 0.500. The van der Waals surface area contributed by atoms with Gasteiger partial charge in [-0.15, -0.1) is 0 Å². The largest absolute Gasteiger partial charge is 0.316 e. The summed E-state index contributed by atoms with van der Waals surface area (Å²) in [7, 11) is 0. The van der Waals surface area contributed by atoms with Crippen LogP contribution in [0.15, 0.2) is 24.5 Å². The van der Waals surface area contributed by atoms with Crippen molar-refractivity contribution in [2.75, 3.05) is 13.1 Å². The van der Waals surface area contributed by atoms with Crippen LogP contribution in [0.5, 0.6) is 0 Å². The Morgan fingerprint density at radius 1 is 1.29 bits per heavy atom. The lowest BCUT2D eigenvalue weighted by atomic mass is 9.73. The van der Waals surface area contributed by atoms with Crippen molar-refractivity contribution in [3.63, 3.8) is 0 Å². The molecule has 0 saturated carbocycles. The first kappa shape index (κ1) is 10.9. The number of hydrogen-bond acceptors (Lipinski definition) is 2. The molecule has 2 aliphatic rings. The van der Waals surface area contributed by atoms with Gasteiger partial charge in [-0.05, 0) is 54.8 Å². The predicted molar refractivity (Wildman–Crippen MR) is 65.9 cm³/mol. The van der Waals surface area contributed by atoms with E-state index in [-0.39, 0.29) is 5.82 Å². The first-order valence-electron chi connectivity index (χ1n) is 6.36. The highest BCUT2D eigenvalue weighted by molar-refractivity contribution is 5.68. The Morgan fingerprint density at radius 3 is 3.12 bits per heavy atom. The summed E-state index contributed by atoms with van der Waals surface area (Å²) in [6.45, 7) is 2.14. The molecule has 0 amide bonds. The quantitative estimate of drug-likeness (QED) is 0.805. The molecule has 3 heteroatoms. The number of nitrogens with one attached hydrogen (secondary N) is 1. The maximum atomic E-state index is 13.2. The summed E-state index contributed by atoms with van der Waals surface area (Å²) in [6.07, 6.45) is 8.95. The zero-order chi connectivity index (χ0) is 11.7. The van der Waals surface area contributed by atoms with Crippen molar-refractivity contribution < 1.29 is 4.39 Å². The molecule has 1 aromatic rings. The van der Waals surface area contributed by atoms with Crippen LogP contribution in [0.4, 0.5) is 4.39 Å². The van der Waals surface area contributed by atoms with E-state index in [1.807, 2.05) is 0 Å². The molecule has 1 aliphatic heterocycles. The van der Waals surface area contributed by atoms with E-state index < -0.39 is 0 Å². The van der Waals surface area contributed by atoms with Crippen LogP contribution >= 0.6 is 0 Å². The van der Waals surface area contributed by atoms with Crippen molar-refractivity contribution in [3.05, 3.63) is 35.9 Å². The summed E-state index contributed by atoms with van der Waals surface area (Å²) in [5.74, 6) is 1.06. The van der Waals surface area contributed by atoms with Crippen molar-refractivity contribution in [1.29, 1.82) is 0 Å². The van der Waals surface area contributed by atoms with Gasteiger partial charge in [-0.2, -0.15) is 0 Å². The molecule has 1 saturated heterocycles. The fourth-order valence-corrected chi connectivity index (χ4v) is 3.13. The van der Waals surface area contributed by atoms with E-state index in [0.29, 0.717) is 5.92 Å². The second-order valence-electron chi connectivity index (χ2n) is 4.99. The molecule has 0 spiro atoms. The lowest BCUT2D eigenvalue weighted by molar-refractivity contribution is 0.285. The zero-order valence-corrected chi connectivity index (χ0v) is 9.82. The van der Waals surface area contributed by atoms with Gasteiger partial charge < -0.3 is 5.32 Å². The molecule has 0 unspecified atom stereocenters. The van der Waals surface area contributed by atoms with Gasteiger partial charge in [-0.3, -0.25) is 4.98 Å². The van der Waals surface area contributed by atoms with Gasteiger partial charge in [-0.25, -0.2) is 4.39 Å². The highest BCUT2D eigenvalue weighted by atomic mass is 19.1. The van der Waals surface area contributed by atoms with Crippen LogP contribution in [0.2, 0.25) is 0 Å². The first-order chi connectivity index (χ1) is 8.34. The minimum Gasteiger partial charge on any atom is -0.316 e. The Hall–Kier alpha value is -1.22. The number of halogens is 1. The molecular formula is C14H17FN2. The third-order valence-corrected chi connectivity index (χ3v) is 3.96. The average molecular weight is 232 g/mol. The molecule has 2 atom stereocenters. The van der Waals surface area contributed by atoms with E-state index >= 15 is 0 Å². The van der Waals surface area contributed by atoms with E-state index in [2.05, 4.69) is 16.4 Å². The number of aromatic nitrogens is 1. The minimum absolute atomic E-state index is 0.241. The molecule has 2 heterocycles. The summed E-state index contributed by atoms with van der Waals surface area (Å²) in [5.41, 5.74) is 2.25. The number of rotatable bonds is 1. The van der Waals surface area contributed by atoms with Gasteiger partial charge in [-0.1, -0.05) is 6.08 Å². The highest BCUT2D eigenvalue weighted by Gasteiger charge is 2.30. The lowest BCUT2D eigenvalue weighted by Crippen LogP contribution is -2.38. The maximum absolute atomic E-state index is 13.2. The number of fused-ring (bicyclic) bond motifs is 1. The molecule has 0 bridgehead atoms. The van der Waals surface area contributed by atoms with Crippen molar-refractivity contribution in [2.45, 2.75) is 19.3 Å². The third kappa shape index (κ3) is 2.12. The van der Waals surface area contributed by atoms with Crippen LogP contribution in [-0.4, -0.2) is 18.1 Å². The molecule has 3 rings (SSSR count). The van der Waals surface area contributed by atoms with Crippen molar-refractivity contribution in [1.82, 2.24) is 10.3 Å². The molecule has 0 aromatic carbocycles. The fourth-order valence-electron chi connectivity index (χ4n) is 3.13. The van der Waals surface area contributed by atoms with Gasteiger partial charge in [0, 0.05) is 12.7 Å². The normalized spacial score (nSPS) is 28.4. The summed E-state index contributed by atoms with van der Waals surface area (Å²) in [4.78, 5) is 3.96. The molecule has 0 radical (unpaired) electrons. The Balaban J connectivity index is 1.93. The van der Waals surface area contributed by atoms with Gasteiger partial charge >= 0.3 is 0 Å². The minimum atomic E-state index is -0.241. The van der Waals surface area contributed by atoms with Crippen LogP contribution in [-0.2, 0) is 0 Å². The highest BCUT2D eigenvalue weighted by Crippen LogP contribution is 2.39. The Morgan fingerprint density at radius 2 is 2.24 bits per heavy atom. The van der Waals surface area contributed by atoms with E-state index in [1.54, 1.807) is 12.3 Å². The van der Waals surface area contributed by atoms with Gasteiger partial charge in [0.1, 0.15) is 5.82 Å². The molecule has 1 fully saturated rings. The second-order valence-corrected chi connectivity index (χ2v) is 4.99. The van der Waals surface area contributed by atoms with Gasteiger partial charge in [0.2, 0.25) is 0 Å². The first-order valence-corrected chi connectivity index (χ1v) is 6.36. The number of pyridine rings is 1. The van der Waals surface area contributed by atoms with Gasteiger partial charge in [0.05, 0.1) is 6.20 Å². The predicted octanol–water partition coefficient (Wildman–Crippen LogP) is 2.62. The monoisotopic (exact) mass is 232 g/mol. The molecule has 1 aromatic heterocycles. The van der Waals surface area contributed by atoms with E-state index in [9.17, 15) is 4.39 Å². The Bertz CT molecular complexity index is 442. The van der Waals surface area contributed by atoms with E-state index in [0.717, 1.165) is 31.0 Å². The smallest absolute Gasteiger partial charge is 0.142 e. The van der Waals surface area contributed by atoms with Crippen molar-refractivity contribution in [3.8, 4) is 0 Å². The van der Waals surface area contributed by atoms with Crippen molar-refractivity contribution >= 4 is 5.57 Å². The third-order valence-electron chi connectivity index (χ3n) is 3.96. The van der Waals surface area contributed by atoms with E-state index in [1.165, 1.54) is 24.6 Å². The van der Waals surface area contributed by atoms with Gasteiger partial charge in [0.25, 0.3) is 0 Å². The van der Waals surface area contributed by atoms with E-state index in [4.69, 9.17) is 0 Å². The number of nitrogens with zero attached hydrogens (tertiary/aromatic N) is 1. The summed E-state index contributed by atoms with van der Waals surface area (Å²) < 4.78 is 13.2. The number of hydrogen-bond donors (Lipinski definition) is 1. The Kier molecular flexibility index (Phi) is 2.93. The van der Waals surface area contributed by atoms with Crippen molar-refractivity contribution in [2.24, 2.45) is 11.8 Å². The topological polar surface area (TPSA) is 24.9 Å². The average Bonchev–Trinajstić information content (AvgIpc) is 2.38. The number of allylic oxidation sites excluding steroid dienone is 1. The van der Waals surface area contributed by atoms with Crippen LogP contribution in [0, 0.1) is 17.7 Å². The zero-order valence-electron chi connectivity index (χ0n) is 9.82. The Labute approximate surface area is 101 Å². The molecular weight excluding hydrogens is 215 g/mol. The molecule has 1 N–H and O–H groups in total. The standard InChI is InChI=1S/C14H17FN2/c15-12-6-11(7-17-8-12)13-3-1-2-10-4-5-16-9-14(10)13/h3,6-8,10,14,16H,1-2,4-5,9H2/t10-,14+/m1/s1. The molecule has 1 aliphatic carbocycles. The van der Waals surface area contributed by atoms with Crippen LogP contribution in [0.3, 0.4) is 0 Å². The molecule has 90 valence electrons. The van der Waals surface area contributed by atoms with Crippen LogP contribution in [0.1, 0.15) is 24.8 Å². The SMILES string of the molecule is Fc1cncc(C2=CCC[C@@H]3CCNC[C@H]23)c1. The second kappa shape index (κ2) is 4.57. The van der Waals surface area contributed by atoms with Crippen LogP contribution in [0.25, 0.3) is 5.57 Å². The lowest BCUT2D eigenvalue weighted by Gasteiger charge is -2.37. The van der Waals surface area contributed by atoms with Gasteiger partial charge in [0.15, 0.2) is 0 Å². The maximum Gasteiger partial charge on any atom is 0.142 e. The summed E-state index contributed by atoms with van der Waals surface area (Å²) in [6, 6.07) is 1.61. The van der Waals surface area contributed by atoms with Crippen LogP contribution < -0.4 is 5.32 Å². The summed E-state index contributed by atoms with van der Waals surface area (Å²) >= 11 is 0.